The van der Waals surface area contributed by atoms with Crippen LogP contribution in [0, 0.1) is 13.8 Å². The first-order valence-electron chi connectivity index (χ1n) is 14.3. The Morgan fingerprint density at radius 1 is 0.930 bits per heavy atom. The summed E-state index contributed by atoms with van der Waals surface area (Å²) in [6.07, 6.45) is 13.9. The van der Waals surface area contributed by atoms with Crippen molar-refractivity contribution in [2.45, 2.75) is 54.9 Å². The number of hydrogen-bond acceptors (Lipinski definition) is 4. The van der Waals surface area contributed by atoms with Crippen molar-refractivity contribution < 1.29 is 19.5 Å². The molecule has 0 aromatic heterocycles. The third-order valence-electron chi connectivity index (χ3n) is 4.77. The molecule has 240 valence electrons. The summed E-state index contributed by atoms with van der Waals surface area (Å²) in [6, 6.07) is 17.3. The molecule has 7 heteroatoms. The molecule has 0 spiro atoms. The Bertz CT molecular complexity index is 967. The monoisotopic (exact) mass is 612 g/mol. The first kappa shape index (κ1) is 46.1. The normalized spacial score (nSPS) is 9.19. The molecule has 2 aromatic carbocycles. The molecule has 0 aliphatic carbocycles. The Labute approximate surface area is 266 Å². The third kappa shape index (κ3) is 34.3. The Balaban J connectivity index is -0.000000232. The average Bonchev–Trinajstić information content (AvgIpc) is 3.03. The van der Waals surface area contributed by atoms with Gasteiger partial charge in [0.25, 0.3) is 0 Å². The number of rotatable bonds is 11. The average molecular weight is 613 g/mol. The Morgan fingerprint density at radius 2 is 1.37 bits per heavy atom. The number of carboxylic acid groups (broad SMARTS) is 1. The fraction of sp³-hybridized carbons (Fsp3) is 0.361. The van der Waals surface area contributed by atoms with Crippen molar-refractivity contribution in [3.63, 3.8) is 0 Å². The van der Waals surface area contributed by atoms with Gasteiger partial charge in [-0.2, -0.15) is 11.8 Å². The van der Waals surface area contributed by atoms with E-state index >= 15 is 0 Å². The van der Waals surface area contributed by atoms with Crippen LogP contribution in [0.4, 0.5) is 0 Å². The van der Waals surface area contributed by atoms with E-state index in [1.165, 1.54) is 27.8 Å². The highest BCUT2D eigenvalue weighted by Gasteiger charge is 1.95. The van der Waals surface area contributed by atoms with Gasteiger partial charge in [0.15, 0.2) is 0 Å². The number of hydrogen-bond donors (Lipinski definition) is 2. The number of nitrogens with one attached hydrogen (secondary N) is 1. The molecule has 0 unspecified atom stereocenters. The lowest BCUT2D eigenvalue weighted by molar-refractivity contribution is -0.136. The number of aliphatic carboxylic acids is 1. The molecule has 0 saturated carbocycles. The van der Waals surface area contributed by atoms with Gasteiger partial charge in [-0.3, -0.25) is 14.4 Å². The minimum Gasteiger partial charge on any atom is -0.480 e. The van der Waals surface area contributed by atoms with Crippen LogP contribution in [0.1, 0.15) is 52.2 Å². The van der Waals surface area contributed by atoms with Crippen molar-refractivity contribution in [1.82, 2.24) is 10.2 Å². The highest BCUT2D eigenvalue weighted by atomic mass is 32.2. The lowest BCUT2D eigenvalue weighted by Crippen LogP contribution is -2.20. The SMILES string of the molecule is C/C=C/C.C=C/C=C(\C=C)CSC.CC.CCCN(C)C=O.Cc1ccc(-c2ccc(C)cc2)cc1.O=CNCC(=O)O. The van der Waals surface area contributed by atoms with Crippen LogP contribution in [0.3, 0.4) is 0 Å². The molecule has 0 saturated heterocycles. The number of nitrogens with zero attached hydrogens (tertiary/aromatic N) is 1. The largest absolute Gasteiger partial charge is 0.480 e. The van der Waals surface area contributed by atoms with Crippen molar-refractivity contribution >= 4 is 30.6 Å². The van der Waals surface area contributed by atoms with Gasteiger partial charge in [-0.15, -0.1) is 0 Å². The van der Waals surface area contributed by atoms with E-state index in [-0.39, 0.29) is 6.54 Å². The lowest BCUT2D eigenvalue weighted by atomic mass is 10.0. The molecule has 0 fully saturated rings. The van der Waals surface area contributed by atoms with E-state index in [0.29, 0.717) is 6.41 Å². The standard InChI is InChI=1S/C14H14.C8H12S.C5H11NO.C4H8.C3H5NO3.C2H6/c1-11-3-7-13(8-4-11)14-9-5-12(2)6-10-14;1-4-6-8(5-2)7-9-3;1-3-4-6(2)5-7;1-3-4-2;5-2-4-1-3(6)7;1-2/h3-10H,1-2H3;4-6H,1-2,7H2,3H3;5H,3-4H2,1-2H3;3-4H,1-2H3;2H,1H2,(H,4,5)(H,6,7);1-2H3/b;8-6+;;4-3+;;. The molecule has 2 rings (SSSR count). The second-order valence-corrected chi connectivity index (χ2v) is 9.36. The van der Waals surface area contributed by atoms with E-state index in [1.54, 1.807) is 29.8 Å². The van der Waals surface area contributed by atoms with Gasteiger partial charge in [-0.25, -0.2) is 0 Å². The van der Waals surface area contributed by atoms with Gasteiger partial charge in [-0.1, -0.05) is 124 Å². The molecule has 0 aliphatic rings. The molecule has 0 bridgehead atoms. The molecule has 6 nitrogen and oxygen atoms in total. The van der Waals surface area contributed by atoms with E-state index < -0.39 is 5.97 Å². The predicted octanol–water partition coefficient (Wildman–Crippen LogP) is 8.53. The van der Waals surface area contributed by atoms with Crippen molar-refractivity contribution in [3.05, 3.63) is 109 Å². The minimum atomic E-state index is -1.04. The number of allylic oxidation sites excluding steroid dienone is 5. The van der Waals surface area contributed by atoms with Crippen LogP contribution < -0.4 is 5.32 Å². The first-order valence-corrected chi connectivity index (χ1v) is 15.7. The van der Waals surface area contributed by atoms with E-state index in [1.807, 2.05) is 64.2 Å². The Kier molecular flexibility index (Phi) is 38.8. The van der Waals surface area contributed by atoms with Crippen LogP contribution in [-0.4, -0.2) is 60.9 Å². The molecule has 0 radical (unpaired) electrons. The van der Waals surface area contributed by atoms with Crippen molar-refractivity contribution in [2.24, 2.45) is 0 Å². The van der Waals surface area contributed by atoms with Gasteiger partial charge in [0.1, 0.15) is 6.54 Å². The zero-order valence-electron chi connectivity index (χ0n) is 27.9. The second-order valence-electron chi connectivity index (χ2n) is 8.49. The second kappa shape index (κ2) is 36.2. The van der Waals surface area contributed by atoms with Gasteiger partial charge in [0, 0.05) is 19.3 Å². The lowest BCUT2D eigenvalue weighted by Gasteiger charge is -2.05. The van der Waals surface area contributed by atoms with E-state index in [4.69, 9.17) is 5.11 Å². The van der Waals surface area contributed by atoms with Gasteiger partial charge in [-0.05, 0) is 57.1 Å². The molecular formula is C36H56N2O4S. The maximum Gasteiger partial charge on any atom is 0.322 e. The summed E-state index contributed by atoms with van der Waals surface area (Å²) in [5, 5.41) is 9.79. The molecule has 2 amide bonds. The smallest absolute Gasteiger partial charge is 0.322 e. The van der Waals surface area contributed by atoms with Crippen molar-refractivity contribution in [1.29, 1.82) is 0 Å². The number of carbonyl (C=O) groups is 3. The van der Waals surface area contributed by atoms with E-state index in [2.05, 4.69) is 81.8 Å². The number of amides is 2. The summed E-state index contributed by atoms with van der Waals surface area (Å²) in [5.74, 6) is -0.0118. The fourth-order valence-corrected chi connectivity index (χ4v) is 3.07. The molecule has 2 aromatic rings. The summed E-state index contributed by atoms with van der Waals surface area (Å²) < 4.78 is 0. The zero-order valence-corrected chi connectivity index (χ0v) is 28.7. The molecular weight excluding hydrogens is 556 g/mol. The van der Waals surface area contributed by atoms with Crippen LogP contribution in [0.2, 0.25) is 0 Å². The number of carbonyl (C=O) groups excluding carboxylic acids is 2. The van der Waals surface area contributed by atoms with E-state index in [0.717, 1.165) is 25.1 Å². The number of carboxylic acids is 1. The van der Waals surface area contributed by atoms with Crippen LogP contribution in [0.25, 0.3) is 11.1 Å². The number of aryl methyl sites for hydroxylation is 2. The van der Waals surface area contributed by atoms with Crippen molar-refractivity contribution in [3.8, 4) is 11.1 Å². The molecule has 0 heterocycles. The van der Waals surface area contributed by atoms with Gasteiger partial charge in [0.05, 0.1) is 0 Å². The Hall–Kier alpha value is -3.84. The highest BCUT2D eigenvalue weighted by Crippen LogP contribution is 2.19. The number of thioether (sulfide) groups is 1. The summed E-state index contributed by atoms with van der Waals surface area (Å²) in [4.78, 5) is 30.3. The van der Waals surface area contributed by atoms with Crippen molar-refractivity contribution in [2.75, 3.05) is 32.1 Å². The van der Waals surface area contributed by atoms with Gasteiger partial charge < -0.3 is 15.3 Å². The quantitative estimate of drug-likeness (QED) is 0.151. The van der Waals surface area contributed by atoms with Gasteiger partial charge in [0.2, 0.25) is 12.8 Å². The van der Waals surface area contributed by atoms with Gasteiger partial charge >= 0.3 is 5.97 Å². The highest BCUT2D eigenvalue weighted by molar-refractivity contribution is 7.98. The van der Waals surface area contributed by atoms with Crippen LogP contribution in [0.5, 0.6) is 0 Å². The summed E-state index contributed by atoms with van der Waals surface area (Å²) in [5.41, 5.74) is 6.42. The zero-order chi connectivity index (χ0) is 33.9. The molecule has 2 N–H and O–H groups in total. The summed E-state index contributed by atoms with van der Waals surface area (Å²) in [6.45, 7) is 22.1. The Morgan fingerprint density at radius 3 is 1.58 bits per heavy atom. The summed E-state index contributed by atoms with van der Waals surface area (Å²) in [7, 11) is 1.77. The van der Waals surface area contributed by atoms with Crippen LogP contribution >= 0.6 is 11.8 Å². The first-order chi connectivity index (χ1) is 20.6. The van der Waals surface area contributed by atoms with Crippen LogP contribution in [-0.2, 0) is 14.4 Å². The third-order valence-corrected chi connectivity index (χ3v) is 5.39. The predicted molar refractivity (Wildman–Crippen MR) is 191 cm³/mol. The van der Waals surface area contributed by atoms with E-state index in [9.17, 15) is 14.4 Å². The fourth-order valence-electron chi connectivity index (χ4n) is 2.52. The molecule has 0 atom stereocenters. The maximum absolute atomic E-state index is 9.82. The minimum absolute atomic E-state index is 0.302. The maximum atomic E-state index is 9.82. The molecule has 0 aliphatic heterocycles. The topological polar surface area (TPSA) is 86.7 Å². The molecule has 43 heavy (non-hydrogen) atoms. The number of benzene rings is 2. The summed E-state index contributed by atoms with van der Waals surface area (Å²) >= 11 is 1.79. The van der Waals surface area contributed by atoms with Crippen LogP contribution in [0.15, 0.2) is 97.6 Å².